The number of fused-ring (bicyclic) bond motifs is 1. The van der Waals surface area contributed by atoms with Crippen molar-refractivity contribution in [1.82, 2.24) is 9.97 Å². The van der Waals surface area contributed by atoms with E-state index in [1.54, 1.807) is 6.07 Å². The molecule has 0 saturated carbocycles. The summed E-state index contributed by atoms with van der Waals surface area (Å²) < 4.78 is 13.8. The third kappa shape index (κ3) is 2.50. The van der Waals surface area contributed by atoms with Crippen molar-refractivity contribution in [2.75, 3.05) is 0 Å². The summed E-state index contributed by atoms with van der Waals surface area (Å²) in [5.41, 5.74) is 1.08. The van der Waals surface area contributed by atoms with Gasteiger partial charge in [-0.2, -0.15) is 0 Å². The van der Waals surface area contributed by atoms with Gasteiger partial charge >= 0.3 is 0 Å². The average molecular weight is 273 g/mol. The predicted octanol–water partition coefficient (Wildman–Crippen LogP) is 4.42. The quantitative estimate of drug-likeness (QED) is 0.611. The van der Waals surface area contributed by atoms with Gasteiger partial charge in [-0.25, -0.2) is 14.4 Å². The highest BCUT2D eigenvalue weighted by Gasteiger charge is 2.12. The molecule has 2 aromatic rings. The topological polar surface area (TPSA) is 25.8 Å². The van der Waals surface area contributed by atoms with Crippen LogP contribution in [0, 0.1) is 5.82 Å². The van der Waals surface area contributed by atoms with Crippen LogP contribution in [0.1, 0.15) is 25.3 Å². The number of benzene rings is 1. The summed E-state index contributed by atoms with van der Waals surface area (Å²) >= 11 is 11.7. The summed E-state index contributed by atoms with van der Waals surface area (Å²) in [5, 5.41) is 0.951. The predicted molar refractivity (Wildman–Crippen MR) is 68.1 cm³/mol. The zero-order chi connectivity index (χ0) is 12.4. The molecule has 0 spiro atoms. The van der Waals surface area contributed by atoms with Crippen LogP contribution in [0.5, 0.6) is 0 Å². The van der Waals surface area contributed by atoms with Gasteiger partial charge in [0.15, 0.2) is 0 Å². The van der Waals surface area contributed by atoms with Gasteiger partial charge in [0, 0.05) is 10.9 Å². The first-order valence-electron chi connectivity index (χ1n) is 5.43. The first-order valence-corrected chi connectivity index (χ1v) is 6.19. The van der Waals surface area contributed by atoms with Crippen LogP contribution in [0.2, 0.25) is 10.4 Å². The molecule has 0 radical (unpaired) electrons. The Hall–Kier alpha value is -0.930. The van der Waals surface area contributed by atoms with Crippen molar-refractivity contribution in [3.8, 4) is 0 Å². The van der Waals surface area contributed by atoms with Crippen LogP contribution < -0.4 is 0 Å². The molecule has 1 aromatic carbocycles. The smallest absolute Gasteiger partial charge is 0.217 e. The second-order valence-corrected chi connectivity index (χ2v) is 4.51. The van der Waals surface area contributed by atoms with E-state index < -0.39 is 0 Å². The highest BCUT2D eigenvalue weighted by molar-refractivity contribution is 6.35. The molecule has 2 nitrogen and oxygen atoms in total. The normalized spacial score (nSPS) is 11.1. The number of halogens is 3. The molecule has 5 heteroatoms. The summed E-state index contributed by atoms with van der Waals surface area (Å²) in [6.45, 7) is 2.05. The Bertz CT molecular complexity index is 558. The first kappa shape index (κ1) is 12.5. The molecular weight excluding hydrogens is 262 g/mol. The molecule has 0 atom stereocenters. The molecule has 1 heterocycles. The number of unbranched alkanes of at least 4 members (excludes halogenated alkanes) is 1. The van der Waals surface area contributed by atoms with E-state index in [1.807, 2.05) is 0 Å². The van der Waals surface area contributed by atoms with Crippen LogP contribution >= 0.6 is 23.2 Å². The van der Waals surface area contributed by atoms with Crippen molar-refractivity contribution >= 4 is 34.1 Å². The van der Waals surface area contributed by atoms with E-state index in [0.29, 0.717) is 22.9 Å². The lowest BCUT2D eigenvalue weighted by Crippen LogP contribution is -1.97. The largest absolute Gasteiger partial charge is 0.224 e. The minimum Gasteiger partial charge on any atom is -0.217 e. The molecule has 0 amide bonds. The van der Waals surface area contributed by atoms with Crippen LogP contribution in [0.15, 0.2) is 12.1 Å². The fraction of sp³-hybridized carbons (Fsp3) is 0.333. The lowest BCUT2D eigenvalue weighted by Gasteiger charge is -2.07. The molecule has 0 aliphatic heterocycles. The van der Waals surface area contributed by atoms with Crippen LogP contribution in [-0.2, 0) is 6.42 Å². The van der Waals surface area contributed by atoms with Crippen molar-refractivity contribution in [1.29, 1.82) is 0 Å². The molecule has 17 heavy (non-hydrogen) atoms. The third-order valence-electron chi connectivity index (χ3n) is 2.62. The second-order valence-electron chi connectivity index (χ2n) is 3.81. The summed E-state index contributed by atoms with van der Waals surface area (Å²) in [5.74, 6) is -0.267. The lowest BCUT2D eigenvalue weighted by atomic mass is 10.0. The van der Waals surface area contributed by atoms with Crippen molar-refractivity contribution in [2.24, 2.45) is 0 Å². The molecule has 1 aromatic heterocycles. The maximum atomic E-state index is 13.8. The highest BCUT2D eigenvalue weighted by atomic mass is 35.5. The summed E-state index contributed by atoms with van der Waals surface area (Å²) in [4.78, 5) is 7.93. The maximum absolute atomic E-state index is 13.8. The molecule has 0 unspecified atom stereocenters. The lowest BCUT2D eigenvalue weighted by molar-refractivity contribution is 0.606. The van der Waals surface area contributed by atoms with E-state index >= 15 is 0 Å². The van der Waals surface area contributed by atoms with Crippen molar-refractivity contribution < 1.29 is 4.39 Å². The molecule has 0 fully saturated rings. The van der Waals surface area contributed by atoms with Crippen LogP contribution in [0.4, 0.5) is 4.39 Å². The van der Waals surface area contributed by atoms with Crippen LogP contribution in [-0.4, -0.2) is 9.97 Å². The van der Waals surface area contributed by atoms with Crippen molar-refractivity contribution in [3.05, 3.63) is 34.0 Å². The molecule has 0 saturated heterocycles. The fourth-order valence-electron chi connectivity index (χ4n) is 1.76. The zero-order valence-corrected chi connectivity index (χ0v) is 10.8. The van der Waals surface area contributed by atoms with Gasteiger partial charge in [0.1, 0.15) is 11.0 Å². The van der Waals surface area contributed by atoms with E-state index in [4.69, 9.17) is 23.2 Å². The Morgan fingerprint density at radius 1 is 1.24 bits per heavy atom. The SMILES string of the molecule is CCCCc1c(F)ccc2c(Cl)nc(Cl)nc12. The number of aromatic nitrogens is 2. The number of hydrogen-bond donors (Lipinski definition) is 0. The van der Waals surface area contributed by atoms with Crippen LogP contribution in [0.25, 0.3) is 10.9 Å². The molecule has 0 N–H and O–H groups in total. The Morgan fingerprint density at radius 3 is 2.71 bits per heavy atom. The van der Waals surface area contributed by atoms with Gasteiger partial charge in [-0.1, -0.05) is 24.9 Å². The Labute approximate surface area is 109 Å². The highest BCUT2D eigenvalue weighted by Crippen LogP contribution is 2.27. The minimum absolute atomic E-state index is 0.0471. The second kappa shape index (κ2) is 5.15. The van der Waals surface area contributed by atoms with E-state index in [0.717, 1.165) is 12.8 Å². The Morgan fingerprint density at radius 2 is 2.00 bits per heavy atom. The summed E-state index contributed by atoms with van der Waals surface area (Å²) in [6.07, 6.45) is 2.51. The summed E-state index contributed by atoms with van der Waals surface area (Å²) in [7, 11) is 0. The van der Waals surface area contributed by atoms with E-state index in [2.05, 4.69) is 16.9 Å². The van der Waals surface area contributed by atoms with Gasteiger partial charge in [0.05, 0.1) is 5.52 Å². The summed E-state index contributed by atoms with van der Waals surface area (Å²) in [6, 6.07) is 2.98. The van der Waals surface area contributed by atoms with E-state index in [9.17, 15) is 4.39 Å². The van der Waals surface area contributed by atoms with E-state index in [1.165, 1.54) is 6.07 Å². The Kier molecular flexibility index (Phi) is 3.79. The van der Waals surface area contributed by atoms with Crippen molar-refractivity contribution in [3.63, 3.8) is 0 Å². The minimum atomic E-state index is -0.267. The monoisotopic (exact) mass is 272 g/mol. The van der Waals surface area contributed by atoms with Crippen LogP contribution in [0.3, 0.4) is 0 Å². The molecular formula is C12H11Cl2FN2. The first-order chi connectivity index (χ1) is 8.13. The third-order valence-corrected chi connectivity index (χ3v) is 3.08. The zero-order valence-electron chi connectivity index (χ0n) is 9.30. The average Bonchev–Trinajstić information content (AvgIpc) is 2.27. The van der Waals surface area contributed by atoms with E-state index in [-0.39, 0.29) is 16.3 Å². The van der Waals surface area contributed by atoms with Gasteiger partial charge in [0.25, 0.3) is 0 Å². The van der Waals surface area contributed by atoms with Gasteiger partial charge < -0.3 is 0 Å². The van der Waals surface area contributed by atoms with Gasteiger partial charge in [-0.15, -0.1) is 0 Å². The fourth-order valence-corrected chi connectivity index (χ4v) is 2.20. The molecule has 0 aliphatic carbocycles. The molecule has 90 valence electrons. The number of nitrogens with zero attached hydrogens (tertiary/aromatic N) is 2. The maximum Gasteiger partial charge on any atom is 0.224 e. The number of hydrogen-bond acceptors (Lipinski definition) is 2. The Balaban J connectivity index is 2.66. The van der Waals surface area contributed by atoms with Crippen molar-refractivity contribution in [2.45, 2.75) is 26.2 Å². The molecule has 0 aliphatic rings. The molecule has 0 bridgehead atoms. The number of aryl methyl sites for hydroxylation is 1. The number of rotatable bonds is 3. The van der Waals surface area contributed by atoms with Gasteiger partial charge in [0.2, 0.25) is 5.28 Å². The standard InChI is InChI=1S/C12H11Cl2FN2/c1-2-3-4-7-9(15)6-5-8-10(7)16-12(14)17-11(8)13/h5-6H,2-4H2,1H3. The van der Waals surface area contributed by atoms with Gasteiger partial charge in [-0.05, 0) is 36.6 Å². The van der Waals surface area contributed by atoms with Gasteiger partial charge in [-0.3, -0.25) is 0 Å². The molecule has 2 rings (SSSR count).